The van der Waals surface area contributed by atoms with E-state index in [4.69, 9.17) is 9.57 Å². The number of hydrogen-bond donors (Lipinski definition) is 0. The smallest absolute Gasteiger partial charge is 0.142 e. The molecule has 0 saturated carbocycles. The minimum absolute atomic E-state index is 0.438. The summed E-state index contributed by atoms with van der Waals surface area (Å²) in [5, 5.41) is 4.03. The van der Waals surface area contributed by atoms with E-state index in [1.165, 1.54) is 11.1 Å². The summed E-state index contributed by atoms with van der Waals surface area (Å²) in [5.41, 5.74) is 4.42. The second-order valence-electron chi connectivity index (χ2n) is 5.35. The Morgan fingerprint density at radius 3 is 2.33 bits per heavy atom. The summed E-state index contributed by atoms with van der Waals surface area (Å²) < 4.78 is 5.12. The highest BCUT2D eigenvalue weighted by atomic mass is 16.6. The zero-order valence-corrected chi connectivity index (χ0v) is 13.6. The normalized spacial score (nSPS) is 10.7. The molecule has 0 N–H and O–H groups in total. The number of hydrogen-bond acceptors (Lipinski definition) is 3. The van der Waals surface area contributed by atoms with Crippen LogP contribution in [0.3, 0.4) is 0 Å². The number of methoxy groups -OCH3 is 1. The predicted molar refractivity (Wildman–Crippen MR) is 97.3 cm³/mol. The van der Waals surface area contributed by atoms with Crippen LogP contribution in [0.1, 0.15) is 11.1 Å². The SMILES string of the molecule is COc1ccc(C=NOCc2cccc(-c3ccccc3)c2)cc1. The molecular weight excluding hydrogens is 298 g/mol. The van der Waals surface area contributed by atoms with Gasteiger partial charge in [0.25, 0.3) is 0 Å². The monoisotopic (exact) mass is 317 g/mol. The van der Waals surface area contributed by atoms with Gasteiger partial charge < -0.3 is 9.57 Å². The first-order valence-corrected chi connectivity index (χ1v) is 7.79. The van der Waals surface area contributed by atoms with E-state index in [0.717, 1.165) is 16.9 Å². The quantitative estimate of drug-likeness (QED) is 0.477. The Labute approximate surface area is 142 Å². The van der Waals surface area contributed by atoms with Crippen molar-refractivity contribution >= 4 is 6.21 Å². The van der Waals surface area contributed by atoms with Crippen LogP contribution >= 0.6 is 0 Å². The molecule has 0 radical (unpaired) electrons. The van der Waals surface area contributed by atoms with Gasteiger partial charge in [-0.05, 0) is 52.6 Å². The lowest BCUT2D eigenvalue weighted by Crippen LogP contribution is -1.89. The van der Waals surface area contributed by atoms with Crippen molar-refractivity contribution in [3.8, 4) is 16.9 Å². The molecule has 0 spiro atoms. The van der Waals surface area contributed by atoms with Crippen molar-refractivity contribution in [2.24, 2.45) is 5.16 Å². The van der Waals surface area contributed by atoms with Crippen LogP contribution in [-0.2, 0) is 11.4 Å². The molecular formula is C21H19NO2. The molecule has 3 heteroatoms. The molecule has 0 aliphatic heterocycles. The predicted octanol–water partition coefficient (Wildman–Crippen LogP) is 4.91. The maximum atomic E-state index is 5.41. The van der Waals surface area contributed by atoms with Gasteiger partial charge in [0.05, 0.1) is 13.3 Å². The highest BCUT2D eigenvalue weighted by molar-refractivity contribution is 5.79. The standard InChI is InChI=1S/C21H19NO2/c1-23-21-12-10-17(11-13-21)15-22-24-16-18-6-5-9-20(14-18)19-7-3-2-4-8-19/h2-15H,16H2,1H3. The summed E-state index contributed by atoms with van der Waals surface area (Å²) >= 11 is 0. The zero-order valence-electron chi connectivity index (χ0n) is 13.6. The van der Waals surface area contributed by atoms with Gasteiger partial charge in [0, 0.05) is 0 Å². The molecule has 0 aliphatic carbocycles. The molecule has 24 heavy (non-hydrogen) atoms. The third kappa shape index (κ3) is 4.23. The Morgan fingerprint density at radius 1 is 0.833 bits per heavy atom. The molecule has 0 amide bonds. The van der Waals surface area contributed by atoms with Crippen molar-refractivity contribution in [2.45, 2.75) is 6.61 Å². The zero-order chi connectivity index (χ0) is 16.6. The van der Waals surface area contributed by atoms with Crippen molar-refractivity contribution in [3.05, 3.63) is 90.0 Å². The van der Waals surface area contributed by atoms with Gasteiger partial charge in [0.2, 0.25) is 0 Å². The van der Waals surface area contributed by atoms with E-state index in [0.29, 0.717) is 6.61 Å². The highest BCUT2D eigenvalue weighted by Gasteiger charge is 1.99. The minimum Gasteiger partial charge on any atom is -0.497 e. The molecule has 0 saturated heterocycles. The van der Waals surface area contributed by atoms with Crippen molar-refractivity contribution in [1.82, 2.24) is 0 Å². The van der Waals surface area contributed by atoms with E-state index in [-0.39, 0.29) is 0 Å². The van der Waals surface area contributed by atoms with Crippen LogP contribution in [0.4, 0.5) is 0 Å². The van der Waals surface area contributed by atoms with Gasteiger partial charge in [-0.3, -0.25) is 0 Å². The maximum Gasteiger partial charge on any atom is 0.142 e. The molecule has 0 aliphatic rings. The summed E-state index contributed by atoms with van der Waals surface area (Å²) in [4.78, 5) is 5.41. The van der Waals surface area contributed by atoms with E-state index in [1.807, 2.05) is 54.6 Å². The van der Waals surface area contributed by atoms with Crippen LogP contribution in [-0.4, -0.2) is 13.3 Å². The minimum atomic E-state index is 0.438. The largest absolute Gasteiger partial charge is 0.497 e. The topological polar surface area (TPSA) is 30.8 Å². The lowest BCUT2D eigenvalue weighted by atomic mass is 10.0. The molecule has 0 heterocycles. The molecule has 120 valence electrons. The molecule has 0 atom stereocenters. The van der Waals surface area contributed by atoms with Gasteiger partial charge in [-0.2, -0.15) is 0 Å². The van der Waals surface area contributed by atoms with Crippen LogP contribution in [0.5, 0.6) is 5.75 Å². The molecule has 0 bridgehead atoms. The molecule has 3 aromatic carbocycles. The summed E-state index contributed by atoms with van der Waals surface area (Å²) in [6, 6.07) is 26.2. The van der Waals surface area contributed by atoms with Crippen LogP contribution in [0.15, 0.2) is 84.0 Å². The van der Waals surface area contributed by atoms with E-state index in [1.54, 1.807) is 13.3 Å². The van der Waals surface area contributed by atoms with Crippen molar-refractivity contribution < 1.29 is 9.57 Å². The van der Waals surface area contributed by atoms with Gasteiger partial charge in [0.15, 0.2) is 0 Å². The number of oxime groups is 1. The Morgan fingerprint density at radius 2 is 1.58 bits per heavy atom. The van der Waals surface area contributed by atoms with E-state index >= 15 is 0 Å². The number of ether oxygens (including phenoxy) is 1. The fraction of sp³-hybridized carbons (Fsp3) is 0.0952. The molecule has 3 rings (SSSR count). The van der Waals surface area contributed by atoms with Gasteiger partial charge >= 0.3 is 0 Å². The second kappa shape index (κ2) is 7.97. The Kier molecular flexibility index (Phi) is 5.25. The molecule has 0 unspecified atom stereocenters. The number of rotatable bonds is 6. The van der Waals surface area contributed by atoms with Crippen LogP contribution in [0.2, 0.25) is 0 Å². The molecule has 3 nitrogen and oxygen atoms in total. The Bertz CT molecular complexity index is 796. The molecule has 3 aromatic rings. The number of benzene rings is 3. The van der Waals surface area contributed by atoms with Crippen LogP contribution < -0.4 is 4.74 Å². The van der Waals surface area contributed by atoms with Crippen LogP contribution in [0.25, 0.3) is 11.1 Å². The van der Waals surface area contributed by atoms with E-state index in [2.05, 4.69) is 29.4 Å². The first kappa shape index (κ1) is 15.8. The van der Waals surface area contributed by atoms with Crippen molar-refractivity contribution in [2.75, 3.05) is 7.11 Å². The lowest BCUT2D eigenvalue weighted by Gasteiger charge is -2.05. The van der Waals surface area contributed by atoms with E-state index in [9.17, 15) is 0 Å². The first-order chi connectivity index (χ1) is 11.8. The van der Waals surface area contributed by atoms with Crippen LogP contribution in [0, 0.1) is 0 Å². The Hall–Kier alpha value is -3.07. The van der Waals surface area contributed by atoms with Crippen molar-refractivity contribution in [3.63, 3.8) is 0 Å². The fourth-order valence-electron chi connectivity index (χ4n) is 2.37. The third-order valence-corrected chi connectivity index (χ3v) is 3.66. The van der Waals surface area contributed by atoms with Gasteiger partial charge in [-0.25, -0.2) is 0 Å². The van der Waals surface area contributed by atoms with Gasteiger partial charge in [0.1, 0.15) is 12.4 Å². The first-order valence-electron chi connectivity index (χ1n) is 7.79. The summed E-state index contributed by atoms with van der Waals surface area (Å²) in [6.07, 6.45) is 1.69. The molecule has 0 fully saturated rings. The maximum absolute atomic E-state index is 5.41. The third-order valence-electron chi connectivity index (χ3n) is 3.66. The van der Waals surface area contributed by atoms with Crippen molar-refractivity contribution in [1.29, 1.82) is 0 Å². The summed E-state index contributed by atoms with van der Waals surface area (Å²) in [5.74, 6) is 0.825. The van der Waals surface area contributed by atoms with E-state index < -0.39 is 0 Å². The number of nitrogens with zero attached hydrogens (tertiary/aromatic N) is 1. The average Bonchev–Trinajstić information content (AvgIpc) is 2.67. The second-order valence-corrected chi connectivity index (χ2v) is 5.35. The average molecular weight is 317 g/mol. The molecule has 0 aromatic heterocycles. The fourth-order valence-corrected chi connectivity index (χ4v) is 2.37. The Balaban J connectivity index is 1.59. The summed E-state index contributed by atoms with van der Waals surface area (Å²) in [7, 11) is 1.65. The highest BCUT2D eigenvalue weighted by Crippen LogP contribution is 2.20. The summed E-state index contributed by atoms with van der Waals surface area (Å²) in [6.45, 7) is 0.438. The lowest BCUT2D eigenvalue weighted by molar-refractivity contribution is 0.132. The van der Waals surface area contributed by atoms with Gasteiger partial charge in [-0.1, -0.05) is 53.7 Å². The van der Waals surface area contributed by atoms with Gasteiger partial charge in [-0.15, -0.1) is 0 Å².